The highest BCUT2D eigenvalue weighted by atomic mass is 35.5. The number of halogens is 2. The standard InChI is InChI=1S/C19H12Cl2N2O2S/c1-23-17-13(12-6-9(19(25)26)2-5-16(12)22-17)8-14(18(23)24)11-4-3-10(20)7-15(11)21/h2-8,22H,1H3,(H,25,26). The number of benzene rings is 2. The summed E-state index contributed by atoms with van der Waals surface area (Å²) in [7, 11) is 1.69. The number of aromatic nitrogens is 2. The van der Waals surface area contributed by atoms with E-state index in [1.54, 1.807) is 49.5 Å². The van der Waals surface area contributed by atoms with Crippen molar-refractivity contribution in [2.75, 3.05) is 0 Å². The summed E-state index contributed by atoms with van der Waals surface area (Å²) < 4.78 is 1.54. The number of rotatable bonds is 2. The van der Waals surface area contributed by atoms with Crippen molar-refractivity contribution in [1.82, 2.24) is 9.55 Å². The SMILES string of the molecule is Cn1c(=O)c(-c2ccc(Cl)cc2Cl)cc2c3cc(C(=O)S)ccc3[nH]c21. The molecule has 0 spiro atoms. The minimum atomic E-state index is -0.313. The van der Waals surface area contributed by atoms with Gasteiger partial charge < -0.3 is 4.98 Å². The number of aryl methyl sites for hydroxylation is 1. The summed E-state index contributed by atoms with van der Waals surface area (Å²) in [6.45, 7) is 0. The van der Waals surface area contributed by atoms with E-state index in [0.717, 1.165) is 16.3 Å². The number of hydrogen-bond donors (Lipinski definition) is 2. The summed E-state index contributed by atoms with van der Waals surface area (Å²) in [5.41, 5.74) is 2.87. The summed E-state index contributed by atoms with van der Waals surface area (Å²) in [6, 6.07) is 12.1. The third-order valence-electron chi connectivity index (χ3n) is 4.45. The molecule has 0 aliphatic heterocycles. The molecule has 1 N–H and O–H groups in total. The lowest BCUT2D eigenvalue weighted by Gasteiger charge is -2.08. The number of hydrogen-bond acceptors (Lipinski definition) is 2. The predicted octanol–water partition coefficient (Wildman–Crippen LogP) is 5.06. The summed E-state index contributed by atoms with van der Waals surface area (Å²) in [5.74, 6) is 0. The number of H-pyrrole nitrogens is 1. The molecule has 4 aromatic rings. The lowest BCUT2D eigenvalue weighted by molar-refractivity contribution is 0.109. The van der Waals surface area contributed by atoms with Crippen LogP contribution in [0.1, 0.15) is 10.4 Å². The monoisotopic (exact) mass is 402 g/mol. The van der Waals surface area contributed by atoms with Crippen LogP contribution in [0, 0.1) is 0 Å². The molecule has 2 heterocycles. The van der Waals surface area contributed by atoms with Gasteiger partial charge in [0.05, 0.1) is 5.02 Å². The fourth-order valence-electron chi connectivity index (χ4n) is 3.13. The van der Waals surface area contributed by atoms with Crippen LogP contribution in [0.25, 0.3) is 33.1 Å². The molecule has 2 aromatic carbocycles. The van der Waals surface area contributed by atoms with Crippen LogP contribution in [0.2, 0.25) is 10.0 Å². The molecule has 0 amide bonds. The van der Waals surface area contributed by atoms with Crippen LogP contribution in [-0.2, 0) is 7.05 Å². The molecule has 0 bridgehead atoms. The van der Waals surface area contributed by atoms with Crippen LogP contribution < -0.4 is 5.56 Å². The van der Waals surface area contributed by atoms with Gasteiger partial charge in [0.2, 0.25) is 5.12 Å². The van der Waals surface area contributed by atoms with Gasteiger partial charge in [0.15, 0.2) is 0 Å². The van der Waals surface area contributed by atoms with Gasteiger partial charge in [0.1, 0.15) is 5.65 Å². The number of thiol groups is 1. The summed E-state index contributed by atoms with van der Waals surface area (Å²) >= 11 is 16.2. The van der Waals surface area contributed by atoms with Crippen molar-refractivity contribution < 1.29 is 4.79 Å². The van der Waals surface area contributed by atoms with Crippen molar-refractivity contribution in [1.29, 1.82) is 0 Å². The van der Waals surface area contributed by atoms with E-state index in [-0.39, 0.29) is 10.7 Å². The molecular formula is C19H12Cl2N2O2S. The third-order valence-corrected chi connectivity index (χ3v) is 5.25. The van der Waals surface area contributed by atoms with Gasteiger partial charge in [-0.05, 0) is 36.4 Å². The van der Waals surface area contributed by atoms with Gasteiger partial charge in [-0.1, -0.05) is 29.3 Å². The Hall–Kier alpha value is -2.21. The topological polar surface area (TPSA) is 54.9 Å². The van der Waals surface area contributed by atoms with E-state index >= 15 is 0 Å². The fourth-order valence-corrected chi connectivity index (χ4v) is 3.78. The lowest BCUT2D eigenvalue weighted by atomic mass is 10.0. The summed E-state index contributed by atoms with van der Waals surface area (Å²) in [4.78, 5) is 27.7. The minimum Gasteiger partial charge on any atom is -0.341 e. The first-order valence-electron chi connectivity index (χ1n) is 7.71. The van der Waals surface area contributed by atoms with Crippen molar-refractivity contribution in [2.45, 2.75) is 0 Å². The molecule has 7 heteroatoms. The first-order chi connectivity index (χ1) is 12.4. The Kier molecular flexibility index (Phi) is 4.10. The largest absolute Gasteiger partial charge is 0.341 e. The molecule has 26 heavy (non-hydrogen) atoms. The third kappa shape index (κ3) is 2.63. The van der Waals surface area contributed by atoms with Gasteiger partial charge in [-0.25, -0.2) is 0 Å². The Morgan fingerprint density at radius 1 is 1.04 bits per heavy atom. The highest BCUT2D eigenvalue weighted by Crippen LogP contribution is 2.32. The maximum absolute atomic E-state index is 12.9. The number of carbonyl (C=O) groups is 1. The molecule has 4 rings (SSSR count). The number of fused-ring (bicyclic) bond motifs is 3. The lowest BCUT2D eigenvalue weighted by Crippen LogP contribution is -2.19. The molecule has 0 saturated heterocycles. The molecule has 2 aromatic heterocycles. The maximum atomic E-state index is 12.9. The Bertz CT molecular complexity index is 1270. The van der Waals surface area contributed by atoms with Crippen molar-refractivity contribution in [3.8, 4) is 11.1 Å². The van der Waals surface area contributed by atoms with Gasteiger partial charge in [-0.2, -0.15) is 0 Å². The number of carbonyl (C=O) groups excluding carboxylic acids is 1. The van der Waals surface area contributed by atoms with Crippen LogP contribution in [-0.4, -0.2) is 14.7 Å². The first kappa shape index (κ1) is 17.2. The van der Waals surface area contributed by atoms with Crippen molar-refractivity contribution in [2.24, 2.45) is 7.05 Å². The van der Waals surface area contributed by atoms with Crippen molar-refractivity contribution in [3.63, 3.8) is 0 Å². The second kappa shape index (κ2) is 6.20. The van der Waals surface area contributed by atoms with Gasteiger partial charge >= 0.3 is 0 Å². The molecule has 0 radical (unpaired) electrons. The second-order valence-electron chi connectivity index (χ2n) is 6.00. The van der Waals surface area contributed by atoms with E-state index in [1.807, 2.05) is 0 Å². The van der Waals surface area contributed by atoms with E-state index in [1.165, 1.54) is 4.57 Å². The van der Waals surface area contributed by atoms with E-state index in [4.69, 9.17) is 23.2 Å². The second-order valence-corrected chi connectivity index (χ2v) is 7.25. The van der Waals surface area contributed by atoms with E-state index in [0.29, 0.717) is 32.4 Å². The van der Waals surface area contributed by atoms with E-state index in [9.17, 15) is 9.59 Å². The van der Waals surface area contributed by atoms with Gasteiger partial charge in [0.25, 0.3) is 5.56 Å². The summed E-state index contributed by atoms with van der Waals surface area (Å²) in [6.07, 6.45) is 0. The molecule has 0 atom stereocenters. The zero-order chi connectivity index (χ0) is 18.6. The molecule has 0 fully saturated rings. The highest BCUT2D eigenvalue weighted by molar-refractivity contribution is 7.97. The highest BCUT2D eigenvalue weighted by Gasteiger charge is 2.16. The average Bonchev–Trinajstić information content (AvgIpc) is 2.96. The fraction of sp³-hybridized carbons (Fsp3) is 0.0526. The van der Waals surface area contributed by atoms with Crippen LogP contribution in [0.3, 0.4) is 0 Å². The van der Waals surface area contributed by atoms with E-state index in [2.05, 4.69) is 17.6 Å². The van der Waals surface area contributed by atoms with Crippen molar-refractivity contribution in [3.05, 3.63) is 68.4 Å². The van der Waals surface area contributed by atoms with E-state index < -0.39 is 0 Å². The molecule has 0 saturated carbocycles. The Morgan fingerprint density at radius 3 is 2.50 bits per heavy atom. The smallest absolute Gasteiger partial charge is 0.259 e. The number of pyridine rings is 1. The van der Waals surface area contributed by atoms with Gasteiger partial charge in [0, 0.05) is 45.0 Å². The van der Waals surface area contributed by atoms with Gasteiger partial charge in [-0.15, -0.1) is 12.6 Å². The molecule has 0 unspecified atom stereocenters. The maximum Gasteiger partial charge on any atom is 0.259 e. The van der Waals surface area contributed by atoms with Crippen molar-refractivity contribution >= 4 is 62.9 Å². The molecule has 130 valence electrons. The number of aromatic amines is 1. The normalized spacial score (nSPS) is 11.4. The summed E-state index contributed by atoms with van der Waals surface area (Å²) in [5, 5.41) is 2.24. The van der Waals surface area contributed by atoms with Crippen LogP contribution >= 0.6 is 35.8 Å². The number of nitrogens with zero attached hydrogens (tertiary/aromatic N) is 1. The average molecular weight is 403 g/mol. The predicted molar refractivity (Wildman–Crippen MR) is 110 cm³/mol. The quantitative estimate of drug-likeness (QED) is 0.460. The Labute approximate surface area is 163 Å². The Morgan fingerprint density at radius 2 is 1.81 bits per heavy atom. The number of nitrogens with one attached hydrogen (secondary N) is 1. The first-order valence-corrected chi connectivity index (χ1v) is 8.91. The Balaban J connectivity index is 2.10. The zero-order valence-electron chi connectivity index (χ0n) is 13.5. The minimum absolute atomic E-state index is 0.182. The van der Waals surface area contributed by atoms with Crippen LogP contribution in [0.5, 0.6) is 0 Å². The zero-order valence-corrected chi connectivity index (χ0v) is 15.9. The molecule has 0 aliphatic rings. The molecular weight excluding hydrogens is 391 g/mol. The van der Waals surface area contributed by atoms with Crippen LogP contribution in [0.4, 0.5) is 0 Å². The molecule has 4 nitrogen and oxygen atoms in total. The van der Waals surface area contributed by atoms with Crippen LogP contribution in [0.15, 0.2) is 47.3 Å². The molecule has 0 aliphatic carbocycles. The van der Waals surface area contributed by atoms with Gasteiger partial charge in [-0.3, -0.25) is 14.2 Å².